The van der Waals surface area contributed by atoms with Crippen LogP contribution in [0.15, 0.2) is 23.2 Å². The number of hydrogen-bond acceptors (Lipinski definition) is 3. The van der Waals surface area contributed by atoms with Gasteiger partial charge in [0.15, 0.2) is 0 Å². The van der Waals surface area contributed by atoms with Gasteiger partial charge in [0.1, 0.15) is 11.6 Å². The molecule has 1 aliphatic rings. The molecular weight excluding hydrogens is 224 g/mol. The third-order valence-electron chi connectivity index (χ3n) is 2.58. The Hall–Kier alpha value is -1.22. The first-order valence-corrected chi connectivity index (χ1v) is 5.81. The fourth-order valence-corrected chi connectivity index (χ4v) is 1.85. The lowest BCUT2D eigenvalue weighted by Crippen LogP contribution is -2.16. The van der Waals surface area contributed by atoms with Crippen LogP contribution in [0.2, 0.25) is 5.02 Å². The predicted molar refractivity (Wildman–Crippen MR) is 67.8 cm³/mol. The molecule has 1 N–H and O–H groups in total. The number of nitrogens with zero attached hydrogens (tertiary/aromatic N) is 1. The number of anilines is 1. The molecule has 0 bridgehead atoms. The number of ether oxygens (including phenoxy) is 1. The van der Waals surface area contributed by atoms with E-state index in [0.29, 0.717) is 5.02 Å². The van der Waals surface area contributed by atoms with E-state index in [4.69, 9.17) is 16.3 Å². The normalized spacial score (nSPS) is 15.5. The monoisotopic (exact) mass is 238 g/mol. The molecule has 1 aromatic rings. The zero-order valence-corrected chi connectivity index (χ0v) is 10.0. The molecule has 4 heteroatoms. The Morgan fingerprint density at radius 1 is 1.38 bits per heavy atom. The Morgan fingerprint density at radius 2 is 2.25 bits per heavy atom. The minimum atomic E-state index is 0.689. The quantitative estimate of drug-likeness (QED) is 0.857. The summed E-state index contributed by atoms with van der Waals surface area (Å²) in [6, 6.07) is 5.56. The van der Waals surface area contributed by atoms with Crippen LogP contribution in [0.4, 0.5) is 5.69 Å². The van der Waals surface area contributed by atoms with Gasteiger partial charge in [0.2, 0.25) is 0 Å². The van der Waals surface area contributed by atoms with Crippen molar-refractivity contribution in [1.82, 2.24) is 0 Å². The highest BCUT2D eigenvalue weighted by atomic mass is 35.5. The SMILES string of the molecule is COc1ccc(Cl)c(NC2=NCCCC2)c1. The minimum absolute atomic E-state index is 0.689. The smallest absolute Gasteiger partial charge is 0.121 e. The molecular formula is C12H15ClN2O. The topological polar surface area (TPSA) is 33.6 Å². The van der Waals surface area contributed by atoms with E-state index in [0.717, 1.165) is 30.2 Å². The molecule has 0 radical (unpaired) electrons. The van der Waals surface area contributed by atoms with Gasteiger partial charge in [0.25, 0.3) is 0 Å². The van der Waals surface area contributed by atoms with Gasteiger partial charge in [-0.05, 0) is 25.0 Å². The van der Waals surface area contributed by atoms with Gasteiger partial charge in [-0.2, -0.15) is 0 Å². The zero-order chi connectivity index (χ0) is 11.4. The predicted octanol–water partition coefficient (Wildman–Crippen LogP) is 3.34. The fraction of sp³-hybridized carbons (Fsp3) is 0.417. The van der Waals surface area contributed by atoms with Gasteiger partial charge in [-0.1, -0.05) is 11.6 Å². The van der Waals surface area contributed by atoms with Gasteiger partial charge >= 0.3 is 0 Å². The van der Waals surface area contributed by atoms with E-state index in [1.807, 2.05) is 18.2 Å². The third kappa shape index (κ3) is 2.67. The first kappa shape index (κ1) is 11.3. The molecule has 86 valence electrons. The van der Waals surface area contributed by atoms with Crippen LogP contribution >= 0.6 is 11.6 Å². The molecule has 0 unspecified atom stereocenters. The maximum Gasteiger partial charge on any atom is 0.121 e. The number of aliphatic imine (C=N–C) groups is 1. The van der Waals surface area contributed by atoms with Gasteiger partial charge in [-0.15, -0.1) is 0 Å². The summed E-state index contributed by atoms with van der Waals surface area (Å²) >= 11 is 6.10. The van der Waals surface area contributed by atoms with Crippen molar-refractivity contribution in [3.8, 4) is 5.75 Å². The van der Waals surface area contributed by atoms with Crippen LogP contribution in [0.3, 0.4) is 0 Å². The number of methoxy groups -OCH3 is 1. The highest BCUT2D eigenvalue weighted by Crippen LogP contribution is 2.27. The third-order valence-corrected chi connectivity index (χ3v) is 2.91. The molecule has 1 aliphatic heterocycles. The van der Waals surface area contributed by atoms with Gasteiger partial charge in [0.05, 0.1) is 17.8 Å². The van der Waals surface area contributed by atoms with Gasteiger partial charge in [0, 0.05) is 19.0 Å². The van der Waals surface area contributed by atoms with Crippen LogP contribution in [-0.4, -0.2) is 19.5 Å². The summed E-state index contributed by atoms with van der Waals surface area (Å²) in [6.45, 7) is 0.907. The summed E-state index contributed by atoms with van der Waals surface area (Å²) in [5.41, 5.74) is 0.863. The van der Waals surface area contributed by atoms with Gasteiger partial charge in [-0.25, -0.2) is 0 Å². The Balaban J connectivity index is 2.16. The van der Waals surface area contributed by atoms with Crippen molar-refractivity contribution in [1.29, 1.82) is 0 Å². The molecule has 0 aliphatic carbocycles. The zero-order valence-electron chi connectivity index (χ0n) is 9.29. The van der Waals surface area contributed by atoms with Crippen molar-refractivity contribution in [3.63, 3.8) is 0 Å². The molecule has 1 aromatic carbocycles. The average Bonchev–Trinajstić information content (AvgIpc) is 2.33. The lowest BCUT2D eigenvalue weighted by molar-refractivity contribution is 0.415. The Labute approximate surface area is 100 Å². The number of rotatable bonds is 2. The van der Waals surface area contributed by atoms with E-state index >= 15 is 0 Å². The molecule has 3 nitrogen and oxygen atoms in total. The van der Waals surface area contributed by atoms with E-state index in [9.17, 15) is 0 Å². The molecule has 0 saturated carbocycles. The molecule has 1 heterocycles. The van der Waals surface area contributed by atoms with Crippen LogP contribution in [0, 0.1) is 0 Å². The highest BCUT2D eigenvalue weighted by molar-refractivity contribution is 6.33. The molecule has 0 spiro atoms. The second-order valence-electron chi connectivity index (χ2n) is 3.76. The molecule has 2 rings (SSSR count). The van der Waals surface area contributed by atoms with Crippen molar-refractivity contribution in [2.45, 2.75) is 19.3 Å². The number of benzene rings is 1. The van der Waals surface area contributed by atoms with Crippen molar-refractivity contribution in [3.05, 3.63) is 23.2 Å². The average molecular weight is 239 g/mol. The van der Waals surface area contributed by atoms with E-state index in [2.05, 4.69) is 10.3 Å². The number of amidine groups is 1. The second kappa shape index (κ2) is 5.21. The van der Waals surface area contributed by atoms with Crippen molar-refractivity contribution >= 4 is 23.1 Å². The molecule has 0 aromatic heterocycles. The van der Waals surface area contributed by atoms with Crippen LogP contribution < -0.4 is 10.1 Å². The van der Waals surface area contributed by atoms with E-state index < -0.39 is 0 Å². The summed E-state index contributed by atoms with van der Waals surface area (Å²) in [7, 11) is 1.64. The molecule has 16 heavy (non-hydrogen) atoms. The number of halogens is 1. The molecule has 0 saturated heterocycles. The molecule has 0 amide bonds. The first-order valence-electron chi connectivity index (χ1n) is 5.43. The van der Waals surface area contributed by atoms with Crippen LogP contribution in [0.5, 0.6) is 5.75 Å². The van der Waals surface area contributed by atoms with E-state index in [1.165, 1.54) is 12.8 Å². The largest absolute Gasteiger partial charge is 0.497 e. The lowest BCUT2D eigenvalue weighted by Gasteiger charge is -2.15. The number of hydrogen-bond donors (Lipinski definition) is 1. The van der Waals surface area contributed by atoms with Crippen LogP contribution in [-0.2, 0) is 0 Å². The van der Waals surface area contributed by atoms with E-state index in [-0.39, 0.29) is 0 Å². The lowest BCUT2D eigenvalue weighted by atomic mass is 10.2. The maximum absolute atomic E-state index is 6.10. The summed E-state index contributed by atoms with van der Waals surface area (Å²) in [6.07, 6.45) is 3.36. The van der Waals surface area contributed by atoms with Crippen molar-refractivity contribution in [2.24, 2.45) is 4.99 Å². The maximum atomic E-state index is 6.10. The summed E-state index contributed by atoms with van der Waals surface area (Å²) < 4.78 is 5.16. The van der Waals surface area contributed by atoms with Gasteiger partial charge in [-0.3, -0.25) is 4.99 Å². The van der Waals surface area contributed by atoms with Crippen LogP contribution in [0.25, 0.3) is 0 Å². The van der Waals surface area contributed by atoms with E-state index in [1.54, 1.807) is 7.11 Å². The molecule has 0 atom stereocenters. The Kier molecular flexibility index (Phi) is 3.67. The summed E-state index contributed by atoms with van der Waals surface area (Å²) in [5.74, 6) is 1.81. The highest BCUT2D eigenvalue weighted by Gasteiger charge is 2.08. The minimum Gasteiger partial charge on any atom is -0.497 e. The van der Waals surface area contributed by atoms with Crippen molar-refractivity contribution in [2.75, 3.05) is 19.0 Å². The summed E-state index contributed by atoms with van der Waals surface area (Å²) in [4.78, 5) is 4.43. The fourth-order valence-electron chi connectivity index (χ4n) is 1.68. The molecule has 0 fully saturated rings. The Morgan fingerprint density at radius 3 is 2.94 bits per heavy atom. The standard InChI is InChI=1S/C12H15ClN2O/c1-16-9-5-6-10(13)11(8-9)15-12-4-2-3-7-14-12/h5-6,8H,2-4,7H2,1H3,(H,14,15). The van der Waals surface area contributed by atoms with Gasteiger partial charge < -0.3 is 10.1 Å². The summed E-state index contributed by atoms with van der Waals surface area (Å²) in [5, 5.41) is 3.95. The first-order chi connectivity index (χ1) is 7.79. The number of nitrogens with one attached hydrogen (secondary N) is 1. The van der Waals surface area contributed by atoms with Crippen LogP contribution in [0.1, 0.15) is 19.3 Å². The Bertz CT molecular complexity index is 404. The van der Waals surface area contributed by atoms with Crippen molar-refractivity contribution < 1.29 is 4.74 Å². The second-order valence-corrected chi connectivity index (χ2v) is 4.16.